The van der Waals surface area contributed by atoms with Crippen LogP contribution in [0.25, 0.3) is 0 Å². The second-order valence-electron chi connectivity index (χ2n) is 30.7. The third-order valence-corrected chi connectivity index (χ3v) is 24.5. The van der Waals surface area contributed by atoms with Gasteiger partial charge in [0.2, 0.25) is 0 Å². The minimum absolute atomic E-state index is 0. The van der Waals surface area contributed by atoms with Crippen molar-refractivity contribution >= 4 is 80.2 Å². The highest BCUT2D eigenvalue weighted by Crippen LogP contribution is 2.38. The standard InChI is InChI=1S/C24H36O7S.C19H28O6S.C15H26O3.C12H22O4.C10H18O2.10C2H6.5B/c1-18-11-13-22(14-12-18)32(26,27)29-17-21(31-24-10-6-7-15-28-24)16-20-8-4-3-5-9-23(20)30-19(2)25;1-14-8-10-18(11-9-14)26(22,23)24-13-17(21)12-16-6-4-3-5-7-19(16)25-15(2)20;1-2-6-12-10-13(11-17-14(12)7-3-1)18-15-8-4-5-9-16-15;1-9(14)16-12-6-4-2-3-5-10(12)7-11(15)8-13;11-9-6-8-4-2-1-3-5-10(8)12-7-9;10*1-2;;;;;/h11-14,20-21,23-24H,3-10,15-17H2,1-2H3;8-11,16-17,19,21H,3-7,12-13H2,1-2H3;12-15H,1-11H2;10-13,15H,2-8H2,1H3;8-11H,1-7H2;10*1-2H3;;;;;/t20-,21+,23+,24?;16-,17+,19+;12-,13+,14+,15?;10-,11+,12+;8-,9+,10+;;;;;;;;;;;;;;;/m00000.............../s1. The van der Waals surface area contributed by atoms with E-state index in [0.29, 0.717) is 50.6 Å². The number of rotatable bonds is 22. The number of esters is 3. The van der Waals surface area contributed by atoms with E-state index in [2.05, 4.69) is 0 Å². The normalized spacial score (nSPS) is 24.7. The summed E-state index contributed by atoms with van der Waals surface area (Å²) in [6, 6.07) is 13.0. The van der Waals surface area contributed by atoms with Gasteiger partial charge in [0.1, 0.15) is 18.3 Å². The first-order valence-corrected chi connectivity index (χ1v) is 52.7. The third kappa shape index (κ3) is 65.9. The smallest absolute Gasteiger partial charge is 0.302 e. The molecule has 22 nitrogen and oxygen atoms in total. The van der Waals surface area contributed by atoms with E-state index < -0.39 is 38.5 Å². The Balaban J connectivity index is -0.000000193. The number of hydrogen-bond donors (Lipinski definition) is 4. The molecule has 15 radical (unpaired) electrons. The zero-order chi connectivity index (χ0) is 94.7. The molecule has 2 unspecified atom stereocenters. The molecule has 0 spiro atoms. The Hall–Kier alpha value is -3.41. The van der Waals surface area contributed by atoms with Crippen LogP contribution < -0.4 is 0 Å². The summed E-state index contributed by atoms with van der Waals surface area (Å²) in [4.78, 5) is 34.1. The maximum absolute atomic E-state index is 12.7. The Morgan fingerprint density at radius 1 is 0.380 bits per heavy atom. The predicted octanol–water partition coefficient (Wildman–Crippen LogP) is 22.1. The summed E-state index contributed by atoms with van der Waals surface area (Å²) >= 11 is 0. The number of aliphatic hydroxyl groups is 4. The van der Waals surface area contributed by atoms with Crippen molar-refractivity contribution in [2.45, 2.75) is 488 Å². The average molecular weight is 1860 g/mol. The summed E-state index contributed by atoms with van der Waals surface area (Å²) in [6.07, 6.45) is 36.0. The Kier molecular flexibility index (Phi) is 104. The van der Waals surface area contributed by atoms with Gasteiger partial charge in [-0.25, -0.2) is 0 Å². The summed E-state index contributed by atoms with van der Waals surface area (Å²) < 4.78 is 112. The lowest BCUT2D eigenvalue weighted by molar-refractivity contribution is -0.220. The minimum Gasteiger partial charge on any atom is -0.462 e. The molecule has 29 heteroatoms. The number of hydrogen-bond acceptors (Lipinski definition) is 22. The Morgan fingerprint density at radius 2 is 0.698 bits per heavy atom. The highest BCUT2D eigenvalue weighted by Gasteiger charge is 2.37. The van der Waals surface area contributed by atoms with Crippen molar-refractivity contribution in [2.24, 2.45) is 29.6 Å². The van der Waals surface area contributed by atoms with E-state index in [1.807, 2.05) is 152 Å². The Labute approximate surface area is 801 Å². The number of fused-ring (bicyclic) bond motifs is 2. The number of ether oxygens (including phenoxy) is 9. The van der Waals surface area contributed by atoms with Gasteiger partial charge in [0.15, 0.2) is 12.6 Å². The minimum atomic E-state index is -3.90. The quantitative estimate of drug-likeness (QED) is 0.0280. The lowest BCUT2D eigenvalue weighted by Crippen LogP contribution is -2.40. The first kappa shape index (κ1) is 143. The van der Waals surface area contributed by atoms with Crippen LogP contribution >= 0.6 is 0 Å². The van der Waals surface area contributed by atoms with E-state index in [0.717, 1.165) is 159 Å². The van der Waals surface area contributed by atoms with E-state index in [1.54, 1.807) is 36.4 Å². The van der Waals surface area contributed by atoms with Crippen LogP contribution in [0.4, 0.5) is 0 Å². The van der Waals surface area contributed by atoms with Crippen molar-refractivity contribution in [3.05, 3.63) is 59.7 Å². The molecule has 0 bridgehead atoms. The van der Waals surface area contributed by atoms with E-state index in [4.69, 9.17) is 56.1 Å². The van der Waals surface area contributed by atoms with Gasteiger partial charge in [0.05, 0.1) is 85.6 Å². The summed E-state index contributed by atoms with van der Waals surface area (Å²) in [5.41, 5.74) is 1.93. The SMILES string of the molecule is C1CC[C@H]2C[C@@H](OC3CCCCO3)CO[C@@H]2CC1.CC.CC.CC.CC.CC.CC.CC.CC.CC.CC.CC(=O)O[C@@H]1CCCCC[C@H]1C[C@@H](O)CO.CC(=O)O[C@@H]1CCCCC[C@H]1C[C@@H](O)COS(=O)(=O)c1ccc(C)cc1.CC(=O)O[C@@H]1CCCCC[C@H]1C[C@H](COS(=O)(=O)c1ccc(C)cc1)OC1CCCCO1.O[C@H]1CO[C@@H]2CCCCC[C@H]2C1.[B].[B].[B].[B].[B]. The molecular weight excluding hydrogens is 1670 g/mol. The maximum atomic E-state index is 12.7. The molecule has 4 N–H and O–H groups in total. The second-order valence-corrected chi connectivity index (χ2v) is 33.9. The first-order chi connectivity index (χ1) is 60.0. The molecule has 11 rings (SSSR count). The number of carbonyl (C=O) groups is 3. The van der Waals surface area contributed by atoms with Gasteiger partial charge in [0.25, 0.3) is 20.2 Å². The number of carbonyl (C=O) groups excluding carboxylic acids is 3. The molecule has 4 heterocycles. The second kappa shape index (κ2) is 93.6. The number of aryl methyl sites for hydroxylation is 2. The fourth-order valence-corrected chi connectivity index (χ4v) is 18.2. The lowest BCUT2D eigenvalue weighted by atomic mass is 9.89. The molecule has 5 aliphatic carbocycles. The van der Waals surface area contributed by atoms with Crippen molar-refractivity contribution in [1.82, 2.24) is 0 Å². The van der Waals surface area contributed by atoms with Gasteiger partial charge in [-0.1, -0.05) is 251 Å². The summed E-state index contributed by atoms with van der Waals surface area (Å²) in [5, 5.41) is 38.0. The van der Waals surface area contributed by atoms with Crippen molar-refractivity contribution in [3.63, 3.8) is 0 Å². The van der Waals surface area contributed by atoms with Crippen LogP contribution in [0.3, 0.4) is 0 Å². The molecular formula is C100H190B5O22S2. The predicted molar refractivity (Wildman–Crippen MR) is 535 cm³/mol. The van der Waals surface area contributed by atoms with Crippen molar-refractivity contribution in [3.8, 4) is 0 Å². The van der Waals surface area contributed by atoms with Crippen molar-refractivity contribution in [2.75, 3.05) is 46.2 Å². The van der Waals surface area contributed by atoms with E-state index in [-0.39, 0.29) is 150 Å². The molecule has 749 valence electrons. The average Bonchev–Trinajstić information content (AvgIpc) is 1.20. The summed E-state index contributed by atoms with van der Waals surface area (Å²) in [5.74, 6) is 0.820. The summed E-state index contributed by atoms with van der Waals surface area (Å²) in [6.45, 7) is 50.2. The molecule has 2 aromatic carbocycles. The van der Waals surface area contributed by atoms with Crippen molar-refractivity contribution in [1.29, 1.82) is 0 Å². The van der Waals surface area contributed by atoms with Gasteiger partial charge in [-0.2, -0.15) is 16.8 Å². The maximum Gasteiger partial charge on any atom is 0.302 e. The van der Waals surface area contributed by atoms with Crippen molar-refractivity contribution < 1.29 is 103 Å². The fourth-order valence-electron chi connectivity index (χ4n) is 16.3. The van der Waals surface area contributed by atoms with Crippen LogP contribution in [0.1, 0.15) is 402 Å². The largest absolute Gasteiger partial charge is 0.462 e. The van der Waals surface area contributed by atoms with Crippen LogP contribution in [-0.4, -0.2) is 217 Å². The van der Waals surface area contributed by atoms with Crippen LogP contribution in [0.2, 0.25) is 0 Å². The van der Waals surface area contributed by atoms with Crippen LogP contribution in [0.5, 0.6) is 0 Å². The molecule has 0 amide bonds. The van der Waals surface area contributed by atoms with E-state index in [1.165, 1.54) is 116 Å². The van der Waals surface area contributed by atoms with Gasteiger partial charge in [0, 0.05) is 76.1 Å². The third-order valence-electron chi connectivity index (χ3n) is 21.9. The van der Waals surface area contributed by atoms with Gasteiger partial charge in [-0.05, 0) is 222 Å². The highest BCUT2D eigenvalue weighted by molar-refractivity contribution is 7.87. The lowest BCUT2D eigenvalue weighted by Gasteiger charge is -2.37. The number of benzene rings is 2. The first-order valence-electron chi connectivity index (χ1n) is 49.9. The van der Waals surface area contributed by atoms with Crippen LogP contribution in [0, 0.1) is 43.4 Å². The van der Waals surface area contributed by atoms with E-state index >= 15 is 0 Å². The molecule has 4 aliphatic heterocycles. The van der Waals surface area contributed by atoms with Gasteiger partial charge in [-0.15, -0.1) is 0 Å². The Bertz CT molecular complexity index is 2980. The topological polar surface area (TPSA) is 302 Å². The molecule has 2 aromatic rings. The molecule has 9 fully saturated rings. The van der Waals surface area contributed by atoms with Crippen LogP contribution in [0.15, 0.2) is 58.3 Å². The monoisotopic (exact) mass is 1860 g/mol. The fraction of sp³-hybridized carbons (Fsp3) is 0.850. The highest BCUT2D eigenvalue weighted by atomic mass is 32.2. The molecule has 9 aliphatic rings. The zero-order valence-electron chi connectivity index (χ0n) is 86.2. The summed E-state index contributed by atoms with van der Waals surface area (Å²) in [7, 11) is -7.80. The molecule has 17 atom stereocenters. The Morgan fingerprint density at radius 3 is 1.06 bits per heavy atom. The van der Waals surface area contributed by atoms with Gasteiger partial charge in [-0.3, -0.25) is 22.7 Å². The molecule has 129 heavy (non-hydrogen) atoms. The molecule has 5 saturated carbocycles. The molecule has 4 saturated heterocycles. The van der Waals surface area contributed by atoms with Gasteiger partial charge >= 0.3 is 17.9 Å². The zero-order valence-corrected chi connectivity index (χ0v) is 87.8. The van der Waals surface area contributed by atoms with E-state index in [9.17, 15) is 46.5 Å². The van der Waals surface area contributed by atoms with Gasteiger partial charge < -0.3 is 63.1 Å². The molecule has 0 aromatic heterocycles. The van der Waals surface area contributed by atoms with Crippen LogP contribution in [-0.2, 0) is 85.6 Å². The number of aliphatic hydroxyl groups excluding tert-OH is 4.